The summed E-state index contributed by atoms with van der Waals surface area (Å²) in [4.78, 5) is 11.7. The minimum atomic E-state index is -4.40. The van der Waals surface area contributed by atoms with Gasteiger partial charge < -0.3 is 10.1 Å². The average molecular weight is 418 g/mol. The Kier molecular flexibility index (Phi) is 5.79. The molecule has 0 aliphatic rings. The SMILES string of the molecule is COc1ccc(C(=O)Nc2ccccc2)cc1NS(=O)(=O)c1ccc(F)cc1F. The topological polar surface area (TPSA) is 84.5 Å². The van der Waals surface area contributed by atoms with Crippen molar-refractivity contribution in [3.63, 3.8) is 0 Å². The molecule has 0 aliphatic heterocycles. The summed E-state index contributed by atoms with van der Waals surface area (Å²) in [5.41, 5.74) is 0.632. The van der Waals surface area contributed by atoms with Crippen molar-refractivity contribution in [2.75, 3.05) is 17.1 Å². The number of amides is 1. The van der Waals surface area contributed by atoms with Crippen LogP contribution in [0.4, 0.5) is 20.2 Å². The molecule has 2 N–H and O–H groups in total. The van der Waals surface area contributed by atoms with Crippen molar-refractivity contribution in [1.29, 1.82) is 0 Å². The van der Waals surface area contributed by atoms with E-state index in [0.717, 1.165) is 12.1 Å². The third kappa shape index (κ3) is 4.69. The van der Waals surface area contributed by atoms with E-state index in [0.29, 0.717) is 11.8 Å². The molecule has 29 heavy (non-hydrogen) atoms. The van der Waals surface area contributed by atoms with Crippen molar-refractivity contribution in [2.24, 2.45) is 0 Å². The van der Waals surface area contributed by atoms with Crippen LogP contribution in [0.1, 0.15) is 10.4 Å². The van der Waals surface area contributed by atoms with Crippen molar-refractivity contribution in [3.05, 3.63) is 83.9 Å². The molecule has 1 amide bonds. The first-order chi connectivity index (χ1) is 13.8. The minimum Gasteiger partial charge on any atom is -0.495 e. The van der Waals surface area contributed by atoms with Crippen LogP contribution in [0.25, 0.3) is 0 Å². The molecule has 0 spiro atoms. The molecule has 0 heterocycles. The molecule has 0 bridgehead atoms. The summed E-state index contributed by atoms with van der Waals surface area (Å²) in [6.07, 6.45) is 0. The molecule has 9 heteroatoms. The zero-order valence-corrected chi connectivity index (χ0v) is 16.0. The third-order valence-electron chi connectivity index (χ3n) is 3.92. The Morgan fingerprint density at radius 3 is 2.34 bits per heavy atom. The number of hydrogen-bond donors (Lipinski definition) is 2. The molecule has 0 radical (unpaired) electrons. The summed E-state index contributed by atoms with van der Waals surface area (Å²) in [6.45, 7) is 0. The highest BCUT2D eigenvalue weighted by atomic mass is 32.2. The van der Waals surface area contributed by atoms with Gasteiger partial charge in [-0.3, -0.25) is 9.52 Å². The second kappa shape index (κ2) is 8.27. The van der Waals surface area contributed by atoms with Crippen LogP contribution in [-0.2, 0) is 10.0 Å². The van der Waals surface area contributed by atoms with Crippen LogP contribution in [0.2, 0.25) is 0 Å². The first-order valence-electron chi connectivity index (χ1n) is 8.32. The highest BCUT2D eigenvalue weighted by molar-refractivity contribution is 7.92. The Hall–Kier alpha value is -3.46. The average Bonchev–Trinajstić information content (AvgIpc) is 2.68. The van der Waals surface area contributed by atoms with Gasteiger partial charge in [-0.05, 0) is 42.5 Å². The summed E-state index contributed by atoms with van der Waals surface area (Å²) in [5, 5.41) is 2.67. The molecule has 0 aliphatic carbocycles. The van der Waals surface area contributed by atoms with Crippen molar-refractivity contribution in [1.82, 2.24) is 0 Å². The van der Waals surface area contributed by atoms with Gasteiger partial charge in [-0.2, -0.15) is 0 Å². The van der Waals surface area contributed by atoms with Gasteiger partial charge in [0.05, 0.1) is 12.8 Å². The number of benzene rings is 3. The number of halogens is 2. The molecule has 0 aromatic heterocycles. The maximum atomic E-state index is 13.9. The maximum Gasteiger partial charge on any atom is 0.264 e. The molecule has 3 aromatic rings. The van der Waals surface area contributed by atoms with Crippen LogP contribution in [0, 0.1) is 11.6 Å². The van der Waals surface area contributed by atoms with Crippen LogP contribution in [-0.4, -0.2) is 21.4 Å². The Labute approximate surface area is 166 Å². The molecular weight excluding hydrogens is 402 g/mol. The number of ether oxygens (including phenoxy) is 1. The first kappa shape index (κ1) is 20.3. The smallest absolute Gasteiger partial charge is 0.264 e. The van der Waals surface area contributed by atoms with Crippen molar-refractivity contribution in [3.8, 4) is 5.75 Å². The highest BCUT2D eigenvalue weighted by Gasteiger charge is 2.22. The quantitative estimate of drug-likeness (QED) is 0.633. The lowest BCUT2D eigenvalue weighted by atomic mass is 10.1. The normalized spacial score (nSPS) is 11.0. The van der Waals surface area contributed by atoms with Crippen LogP contribution in [0.15, 0.2) is 71.6 Å². The number of carbonyl (C=O) groups excluding carboxylic acids is 1. The summed E-state index contributed by atoms with van der Waals surface area (Å²) < 4.78 is 59.4. The second-order valence-corrected chi connectivity index (χ2v) is 7.57. The van der Waals surface area contributed by atoms with Gasteiger partial charge in [0.1, 0.15) is 22.3 Å². The number of nitrogens with one attached hydrogen (secondary N) is 2. The van der Waals surface area contributed by atoms with Gasteiger partial charge in [0.15, 0.2) is 0 Å². The van der Waals surface area contributed by atoms with Crippen LogP contribution in [0.5, 0.6) is 5.75 Å². The van der Waals surface area contributed by atoms with Crippen molar-refractivity contribution in [2.45, 2.75) is 4.90 Å². The summed E-state index contributed by atoms with van der Waals surface area (Å²) >= 11 is 0. The van der Waals surface area contributed by atoms with Gasteiger partial charge in [-0.1, -0.05) is 18.2 Å². The van der Waals surface area contributed by atoms with E-state index in [9.17, 15) is 22.0 Å². The number of carbonyl (C=O) groups is 1. The fourth-order valence-electron chi connectivity index (χ4n) is 2.55. The van der Waals surface area contributed by atoms with Gasteiger partial charge in [0, 0.05) is 17.3 Å². The van der Waals surface area contributed by atoms with Gasteiger partial charge in [0.2, 0.25) is 0 Å². The molecule has 6 nitrogen and oxygen atoms in total. The first-order valence-corrected chi connectivity index (χ1v) is 9.81. The van der Waals surface area contributed by atoms with E-state index in [1.165, 1.54) is 25.3 Å². The van der Waals surface area contributed by atoms with E-state index < -0.39 is 32.5 Å². The number of methoxy groups -OCH3 is 1. The monoisotopic (exact) mass is 418 g/mol. The van der Waals surface area contributed by atoms with Crippen LogP contribution >= 0.6 is 0 Å². The molecule has 3 rings (SSSR count). The Morgan fingerprint density at radius 2 is 1.69 bits per heavy atom. The maximum absolute atomic E-state index is 13.9. The van der Waals surface area contributed by atoms with E-state index in [1.807, 2.05) is 0 Å². The van der Waals surface area contributed by atoms with Gasteiger partial charge in [-0.25, -0.2) is 17.2 Å². The zero-order valence-electron chi connectivity index (χ0n) is 15.1. The van der Waals surface area contributed by atoms with Crippen molar-refractivity contribution < 1.29 is 26.7 Å². The number of sulfonamides is 1. The molecule has 0 unspecified atom stereocenters. The Bertz CT molecular complexity index is 1150. The highest BCUT2D eigenvalue weighted by Crippen LogP contribution is 2.29. The van der Waals surface area contributed by atoms with E-state index in [4.69, 9.17) is 4.74 Å². The molecule has 0 saturated heterocycles. The summed E-state index contributed by atoms with van der Waals surface area (Å²) in [6, 6.07) is 14.9. The number of anilines is 2. The van der Waals surface area contributed by atoms with Gasteiger partial charge in [0.25, 0.3) is 15.9 Å². The lowest BCUT2D eigenvalue weighted by molar-refractivity contribution is 0.102. The largest absolute Gasteiger partial charge is 0.495 e. The van der Waals surface area contributed by atoms with E-state index in [-0.39, 0.29) is 17.0 Å². The van der Waals surface area contributed by atoms with Gasteiger partial charge >= 0.3 is 0 Å². The second-order valence-electron chi connectivity index (χ2n) is 5.92. The molecular formula is C20H16F2N2O4S. The van der Waals surface area contributed by atoms with Crippen LogP contribution in [0.3, 0.4) is 0 Å². The fourth-order valence-corrected chi connectivity index (χ4v) is 3.67. The number of rotatable bonds is 6. The molecule has 150 valence electrons. The van der Waals surface area contributed by atoms with E-state index >= 15 is 0 Å². The Morgan fingerprint density at radius 1 is 0.966 bits per heavy atom. The van der Waals surface area contributed by atoms with E-state index in [1.54, 1.807) is 30.3 Å². The number of para-hydroxylation sites is 1. The molecule has 0 fully saturated rings. The zero-order chi connectivity index (χ0) is 21.0. The van der Waals surface area contributed by atoms with Crippen molar-refractivity contribution >= 4 is 27.3 Å². The molecule has 0 atom stereocenters. The van der Waals surface area contributed by atoms with Crippen LogP contribution < -0.4 is 14.8 Å². The van der Waals surface area contributed by atoms with E-state index in [2.05, 4.69) is 10.0 Å². The lowest BCUT2D eigenvalue weighted by Crippen LogP contribution is -2.17. The standard InChI is InChI=1S/C20H16F2N2O4S/c1-28-18-9-7-13(20(25)23-15-5-3-2-4-6-15)11-17(18)24-29(26,27)19-10-8-14(21)12-16(19)22/h2-12,24H,1H3,(H,23,25). The summed E-state index contributed by atoms with van der Waals surface area (Å²) in [7, 11) is -3.08. The predicted octanol–water partition coefficient (Wildman–Crippen LogP) is 4.03. The predicted molar refractivity (Wildman–Crippen MR) is 105 cm³/mol. The van der Waals surface area contributed by atoms with Gasteiger partial charge in [-0.15, -0.1) is 0 Å². The Balaban J connectivity index is 1.92. The minimum absolute atomic E-state index is 0.0723. The summed E-state index contributed by atoms with van der Waals surface area (Å²) in [5.74, 6) is -2.51. The fraction of sp³-hybridized carbons (Fsp3) is 0.0500. The number of hydrogen-bond acceptors (Lipinski definition) is 4. The molecule has 3 aromatic carbocycles. The lowest BCUT2D eigenvalue weighted by Gasteiger charge is -2.14. The third-order valence-corrected chi connectivity index (χ3v) is 5.32. The molecule has 0 saturated carbocycles.